The lowest BCUT2D eigenvalue weighted by atomic mass is 10.1. The summed E-state index contributed by atoms with van der Waals surface area (Å²) >= 11 is 0. The summed E-state index contributed by atoms with van der Waals surface area (Å²) < 4.78 is 9.90. The zero-order valence-corrected chi connectivity index (χ0v) is 8.06. The Morgan fingerprint density at radius 2 is 2.00 bits per heavy atom. The van der Waals surface area contributed by atoms with Gasteiger partial charge in [-0.3, -0.25) is 0 Å². The molecule has 0 aromatic heterocycles. The van der Waals surface area contributed by atoms with Gasteiger partial charge in [0.1, 0.15) is 5.75 Å². The maximum absolute atomic E-state index is 10.8. The van der Waals surface area contributed by atoms with Crippen LogP contribution in [-0.2, 0) is 9.53 Å². The third kappa shape index (κ3) is 2.03. The normalized spacial score (nSPS) is 12.1. The number of aliphatic carboxylic acids is 1. The molecule has 4 nitrogen and oxygen atoms in total. The fourth-order valence-corrected chi connectivity index (χ4v) is 1.24. The number of rotatable bonds is 4. The maximum Gasteiger partial charge on any atom is 0.337 e. The monoisotopic (exact) mass is 196 g/mol. The molecule has 76 valence electrons. The molecule has 0 saturated heterocycles. The van der Waals surface area contributed by atoms with E-state index >= 15 is 0 Å². The second kappa shape index (κ2) is 4.62. The van der Waals surface area contributed by atoms with Crippen LogP contribution >= 0.6 is 0 Å². The highest BCUT2D eigenvalue weighted by atomic mass is 16.5. The summed E-state index contributed by atoms with van der Waals surface area (Å²) in [5, 5.41) is 8.87. The Kier molecular flexibility index (Phi) is 3.48. The smallest absolute Gasteiger partial charge is 0.337 e. The van der Waals surface area contributed by atoms with Gasteiger partial charge >= 0.3 is 5.97 Å². The third-order valence-electron chi connectivity index (χ3n) is 1.88. The van der Waals surface area contributed by atoms with E-state index in [4.69, 9.17) is 14.6 Å². The minimum Gasteiger partial charge on any atom is -0.496 e. The minimum absolute atomic E-state index is 0.516. The van der Waals surface area contributed by atoms with Crippen molar-refractivity contribution in [2.75, 3.05) is 14.2 Å². The van der Waals surface area contributed by atoms with E-state index in [0.717, 1.165) is 0 Å². The van der Waals surface area contributed by atoms with E-state index in [1.807, 2.05) is 0 Å². The molecule has 14 heavy (non-hydrogen) atoms. The second-order valence-corrected chi connectivity index (χ2v) is 2.70. The van der Waals surface area contributed by atoms with Gasteiger partial charge in [-0.25, -0.2) is 4.79 Å². The first-order valence-electron chi connectivity index (χ1n) is 4.09. The molecule has 0 aliphatic rings. The number of para-hydroxylation sites is 1. The molecule has 0 bridgehead atoms. The maximum atomic E-state index is 10.8. The average Bonchev–Trinajstić information content (AvgIpc) is 2.19. The number of carboxylic acid groups (broad SMARTS) is 1. The third-order valence-corrected chi connectivity index (χ3v) is 1.88. The largest absolute Gasteiger partial charge is 0.496 e. The van der Waals surface area contributed by atoms with Crippen molar-refractivity contribution in [2.45, 2.75) is 6.10 Å². The fraction of sp³-hybridized carbons (Fsp3) is 0.300. The molecule has 0 fully saturated rings. The topological polar surface area (TPSA) is 55.8 Å². The highest BCUT2D eigenvalue weighted by molar-refractivity contribution is 5.75. The Morgan fingerprint density at radius 1 is 1.36 bits per heavy atom. The van der Waals surface area contributed by atoms with E-state index in [0.29, 0.717) is 11.3 Å². The molecule has 0 aliphatic carbocycles. The van der Waals surface area contributed by atoms with Crippen LogP contribution in [0.4, 0.5) is 0 Å². The Hall–Kier alpha value is -1.55. The lowest BCUT2D eigenvalue weighted by molar-refractivity contribution is -0.149. The van der Waals surface area contributed by atoms with Gasteiger partial charge in [-0.1, -0.05) is 18.2 Å². The van der Waals surface area contributed by atoms with E-state index < -0.39 is 12.1 Å². The Balaban J connectivity index is 3.08. The molecule has 0 heterocycles. The zero-order valence-electron chi connectivity index (χ0n) is 8.06. The number of hydrogen-bond donors (Lipinski definition) is 1. The first-order chi connectivity index (χ1) is 6.70. The van der Waals surface area contributed by atoms with Crippen LogP contribution in [-0.4, -0.2) is 25.3 Å². The molecule has 1 unspecified atom stereocenters. The summed E-state index contributed by atoms with van der Waals surface area (Å²) in [4.78, 5) is 10.8. The lowest BCUT2D eigenvalue weighted by Gasteiger charge is -2.13. The van der Waals surface area contributed by atoms with Gasteiger partial charge in [0.2, 0.25) is 0 Å². The molecule has 4 heteroatoms. The first kappa shape index (κ1) is 10.5. The van der Waals surface area contributed by atoms with Crippen LogP contribution in [0.1, 0.15) is 11.7 Å². The van der Waals surface area contributed by atoms with E-state index in [1.165, 1.54) is 14.2 Å². The SMILES string of the molecule is COc1ccccc1C(OC)C(=O)O. The minimum atomic E-state index is -1.03. The van der Waals surface area contributed by atoms with Gasteiger partial charge in [-0.15, -0.1) is 0 Å². The standard InChI is InChI=1S/C10H12O4/c1-13-8-6-4-3-5-7(8)9(14-2)10(11)12/h3-6,9H,1-2H3,(H,11,12). The Labute approximate surface area is 82.1 Å². The molecule has 0 aliphatic heterocycles. The molecule has 0 saturated carbocycles. The number of carboxylic acids is 1. The van der Waals surface area contributed by atoms with Crippen molar-refractivity contribution in [1.29, 1.82) is 0 Å². The lowest BCUT2D eigenvalue weighted by Crippen LogP contribution is -2.14. The molecule has 0 radical (unpaired) electrons. The van der Waals surface area contributed by atoms with Gasteiger partial charge in [-0.2, -0.15) is 0 Å². The van der Waals surface area contributed by atoms with Gasteiger partial charge in [0.25, 0.3) is 0 Å². The van der Waals surface area contributed by atoms with Crippen LogP contribution in [0.15, 0.2) is 24.3 Å². The summed E-state index contributed by atoms with van der Waals surface area (Å²) in [7, 11) is 2.85. The van der Waals surface area contributed by atoms with E-state index in [9.17, 15) is 4.79 Å². The fourth-order valence-electron chi connectivity index (χ4n) is 1.24. The molecule has 1 aromatic carbocycles. The molecule has 0 spiro atoms. The van der Waals surface area contributed by atoms with E-state index in [1.54, 1.807) is 24.3 Å². The molecule has 1 rings (SSSR count). The summed E-state index contributed by atoms with van der Waals surface area (Å²) in [6.07, 6.45) is -0.980. The van der Waals surface area contributed by atoms with Crippen molar-refractivity contribution in [3.05, 3.63) is 29.8 Å². The number of benzene rings is 1. The van der Waals surface area contributed by atoms with Gasteiger partial charge in [0.15, 0.2) is 6.10 Å². The summed E-state index contributed by atoms with van der Waals surface area (Å²) in [6, 6.07) is 6.88. The molecular weight excluding hydrogens is 184 g/mol. The molecule has 1 N–H and O–H groups in total. The molecule has 0 amide bonds. The number of hydrogen-bond acceptors (Lipinski definition) is 3. The van der Waals surface area contributed by atoms with Crippen LogP contribution in [0.3, 0.4) is 0 Å². The van der Waals surface area contributed by atoms with Crippen LogP contribution in [0.5, 0.6) is 5.75 Å². The van der Waals surface area contributed by atoms with Crippen molar-refractivity contribution in [2.24, 2.45) is 0 Å². The highest BCUT2D eigenvalue weighted by Crippen LogP contribution is 2.26. The Morgan fingerprint density at radius 3 is 2.50 bits per heavy atom. The predicted molar refractivity (Wildman–Crippen MR) is 50.4 cm³/mol. The summed E-state index contributed by atoms with van der Waals surface area (Å²) in [5.74, 6) is -0.515. The van der Waals surface area contributed by atoms with Crippen LogP contribution in [0.25, 0.3) is 0 Å². The molecule has 1 aromatic rings. The number of ether oxygens (including phenoxy) is 2. The molecule has 1 atom stereocenters. The van der Waals surface area contributed by atoms with E-state index in [2.05, 4.69) is 0 Å². The van der Waals surface area contributed by atoms with Crippen molar-refractivity contribution in [3.8, 4) is 5.75 Å². The van der Waals surface area contributed by atoms with Crippen molar-refractivity contribution >= 4 is 5.97 Å². The zero-order chi connectivity index (χ0) is 10.6. The van der Waals surface area contributed by atoms with Gasteiger partial charge in [0, 0.05) is 12.7 Å². The van der Waals surface area contributed by atoms with Crippen LogP contribution in [0, 0.1) is 0 Å². The second-order valence-electron chi connectivity index (χ2n) is 2.70. The van der Waals surface area contributed by atoms with Crippen molar-refractivity contribution in [3.63, 3.8) is 0 Å². The number of carbonyl (C=O) groups is 1. The quantitative estimate of drug-likeness (QED) is 0.792. The highest BCUT2D eigenvalue weighted by Gasteiger charge is 2.22. The summed E-state index contributed by atoms with van der Waals surface area (Å²) in [5.41, 5.74) is 0.519. The molecular formula is C10H12O4. The van der Waals surface area contributed by atoms with Crippen LogP contribution in [0.2, 0.25) is 0 Å². The van der Waals surface area contributed by atoms with Crippen LogP contribution < -0.4 is 4.74 Å². The predicted octanol–water partition coefficient (Wildman–Crippen LogP) is 1.47. The average molecular weight is 196 g/mol. The van der Waals surface area contributed by atoms with Gasteiger partial charge in [-0.05, 0) is 6.07 Å². The van der Waals surface area contributed by atoms with E-state index in [-0.39, 0.29) is 0 Å². The number of methoxy groups -OCH3 is 2. The summed E-state index contributed by atoms with van der Waals surface area (Å²) in [6.45, 7) is 0. The van der Waals surface area contributed by atoms with Gasteiger partial charge in [0.05, 0.1) is 7.11 Å². The van der Waals surface area contributed by atoms with Crippen molar-refractivity contribution in [1.82, 2.24) is 0 Å². The first-order valence-corrected chi connectivity index (χ1v) is 4.09. The van der Waals surface area contributed by atoms with Gasteiger partial charge < -0.3 is 14.6 Å². The van der Waals surface area contributed by atoms with Crippen molar-refractivity contribution < 1.29 is 19.4 Å². The Bertz CT molecular complexity index is 322.